The predicted molar refractivity (Wildman–Crippen MR) is 269 cm³/mol. The monoisotopic (exact) mass is 826 g/mol. The Kier molecular flexibility index (Phi) is 11.4. The number of H-pyrrole nitrogens is 1. The highest BCUT2D eigenvalue weighted by Gasteiger charge is 2.21. The van der Waals surface area contributed by atoms with Crippen molar-refractivity contribution in [3.63, 3.8) is 0 Å². The zero-order valence-corrected chi connectivity index (χ0v) is 35.4. The molecule has 0 radical (unpaired) electrons. The molecule has 0 bridgehead atoms. The third kappa shape index (κ3) is 8.58. The van der Waals surface area contributed by atoms with Crippen LogP contribution in [0.15, 0.2) is 259 Å². The number of allylic oxidation sites excluding steroid dienone is 7. The van der Waals surface area contributed by atoms with Gasteiger partial charge in [0.15, 0.2) is 0 Å². The number of fused-ring (bicyclic) bond motifs is 6. The van der Waals surface area contributed by atoms with Crippen molar-refractivity contribution in [2.24, 2.45) is 0 Å². The highest BCUT2D eigenvalue weighted by molar-refractivity contribution is 6.08. The van der Waals surface area contributed by atoms with E-state index < -0.39 is 0 Å². The van der Waals surface area contributed by atoms with Gasteiger partial charge in [0.1, 0.15) is 16.9 Å². The molecule has 64 heavy (non-hydrogen) atoms. The molecule has 4 heteroatoms. The van der Waals surface area contributed by atoms with Crippen LogP contribution in [0.4, 0.5) is 11.4 Å². The number of hydrogen-bond acceptors (Lipinski definition) is 3. The van der Waals surface area contributed by atoms with Crippen molar-refractivity contribution in [3.8, 4) is 22.3 Å². The van der Waals surface area contributed by atoms with Gasteiger partial charge >= 0.3 is 0 Å². The Morgan fingerprint density at radius 2 is 1.03 bits per heavy atom. The van der Waals surface area contributed by atoms with Gasteiger partial charge in [-0.15, -0.1) is 0 Å². The Morgan fingerprint density at radius 3 is 1.78 bits per heavy atom. The molecule has 0 spiro atoms. The highest BCUT2D eigenvalue weighted by atomic mass is 16.5. The highest BCUT2D eigenvalue weighted by Crippen LogP contribution is 2.38. The number of anilines is 2. The minimum atomic E-state index is 0.911. The maximum atomic E-state index is 6.04. The van der Waals surface area contributed by atoms with Crippen LogP contribution in [0.1, 0.15) is 18.4 Å². The van der Waals surface area contributed by atoms with E-state index in [9.17, 15) is 0 Å². The van der Waals surface area contributed by atoms with Crippen molar-refractivity contribution >= 4 is 60.7 Å². The van der Waals surface area contributed by atoms with Crippen molar-refractivity contribution in [3.05, 3.63) is 260 Å². The molecule has 0 amide bonds. The fraction of sp³-hybridized carbons (Fsp3) is 0.0333. The fourth-order valence-electron chi connectivity index (χ4n) is 8.44. The lowest BCUT2D eigenvalue weighted by molar-refractivity contribution is 0.364. The smallest absolute Gasteiger partial charge is 0.137 e. The Bertz CT molecular complexity index is 3340. The molecule has 2 aromatic heterocycles. The summed E-state index contributed by atoms with van der Waals surface area (Å²) in [5.41, 5.74) is 15.6. The molecule has 2 aliphatic rings. The van der Waals surface area contributed by atoms with Gasteiger partial charge in [-0.3, -0.25) is 0 Å². The number of nitrogens with one attached hydrogen (secondary N) is 2. The largest absolute Gasteiger partial charge is 0.464 e. The molecular formula is C60H46N2O2. The molecule has 12 rings (SSSR count). The Labute approximate surface area is 373 Å². The van der Waals surface area contributed by atoms with E-state index in [4.69, 9.17) is 9.15 Å². The molecule has 0 unspecified atom stereocenters. The molecule has 308 valence electrons. The van der Waals surface area contributed by atoms with Crippen molar-refractivity contribution in [1.82, 2.24) is 4.98 Å². The number of hydrogen-bond donors (Lipinski definition) is 2. The minimum absolute atomic E-state index is 0.911. The van der Waals surface area contributed by atoms with Crippen molar-refractivity contribution < 1.29 is 9.15 Å². The predicted octanol–water partition coefficient (Wildman–Crippen LogP) is 16.8. The third-order valence-corrected chi connectivity index (χ3v) is 11.7. The van der Waals surface area contributed by atoms with Gasteiger partial charge in [0.2, 0.25) is 0 Å². The number of aromatic nitrogens is 1. The summed E-state index contributed by atoms with van der Waals surface area (Å²) in [4.78, 5) is 3.51. The first-order valence-corrected chi connectivity index (χ1v) is 21.7. The van der Waals surface area contributed by atoms with Gasteiger partial charge < -0.3 is 19.5 Å². The van der Waals surface area contributed by atoms with Crippen LogP contribution in [0.5, 0.6) is 0 Å². The maximum absolute atomic E-state index is 6.04. The summed E-state index contributed by atoms with van der Waals surface area (Å²) in [6.07, 6.45) is 11.9. The molecule has 1 aliphatic carbocycles. The van der Waals surface area contributed by atoms with Gasteiger partial charge in [-0.05, 0) is 113 Å². The average Bonchev–Trinajstić information content (AvgIpc) is 3.93. The van der Waals surface area contributed by atoms with Gasteiger partial charge in [0.05, 0.1) is 6.26 Å². The van der Waals surface area contributed by atoms with Gasteiger partial charge in [-0.2, -0.15) is 0 Å². The number of rotatable bonds is 5. The average molecular weight is 827 g/mol. The summed E-state index contributed by atoms with van der Waals surface area (Å²) >= 11 is 0. The van der Waals surface area contributed by atoms with E-state index in [0.717, 1.165) is 63.4 Å². The lowest BCUT2D eigenvalue weighted by Crippen LogP contribution is -2.05. The van der Waals surface area contributed by atoms with E-state index >= 15 is 0 Å². The van der Waals surface area contributed by atoms with Crippen LogP contribution in [-0.4, -0.2) is 4.98 Å². The lowest BCUT2D eigenvalue weighted by Gasteiger charge is -2.22. The second-order valence-electron chi connectivity index (χ2n) is 15.8. The SMILES string of the molecule is C=C1/C=C\C=C/OC2=C1CCC=C2c1ccc(Nc2ccc(-c3ccc4[nH]c5ccccc5c4c3)cc2)cc1.c1ccc(-c2ccc3oc4ccccc4c3c2)cc1.c1ccccc1. The van der Waals surface area contributed by atoms with Crippen LogP contribution in [0.2, 0.25) is 0 Å². The van der Waals surface area contributed by atoms with Crippen LogP contribution in [0.25, 0.3) is 71.6 Å². The van der Waals surface area contributed by atoms with Crippen LogP contribution in [0, 0.1) is 0 Å². The minimum Gasteiger partial charge on any atom is -0.464 e. The summed E-state index contributed by atoms with van der Waals surface area (Å²) in [7, 11) is 0. The second kappa shape index (κ2) is 18.3. The summed E-state index contributed by atoms with van der Waals surface area (Å²) in [6, 6.07) is 69.2. The van der Waals surface area contributed by atoms with Crippen LogP contribution >= 0.6 is 0 Å². The molecule has 0 atom stereocenters. The van der Waals surface area contributed by atoms with Crippen molar-refractivity contribution in [2.75, 3.05) is 5.32 Å². The molecular weight excluding hydrogens is 781 g/mol. The standard InChI is InChI=1S/C36H28N2O.C18H12O.C6H6/c1-24-7-4-5-22-39-36-30(24)9-6-10-31(36)26-14-19-29(20-15-26)37-28-17-12-25(13-18-28)27-16-21-35-33(23-27)32-8-2-3-11-34(32)38-35;1-2-6-13(7-3-1)14-10-11-18-16(12-14)15-8-4-5-9-17(15)19-18;1-2-4-6-5-3-1/h2-5,7-8,10-23,37-38H,1,6,9H2;1-12H;1-6H/b7-4-,22-5-;;. The molecule has 0 fully saturated rings. The molecule has 0 saturated heterocycles. The second-order valence-corrected chi connectivity index (χ2v) is 15.8. The summed E-state index contributed by atoms with van der Waals surface area (Å²) in [5, 5.41) is 8.40. The normalized spacial score (nSPS) is 14.2. The first-order chi connectivity index (χ1) is 31.6. The van der Waals surface area contributed by atoms with E-state index in [0.29, 0.717) is 0 Å². The Balaban J connectivity index is 0.000000159. The zero-order valence-electron chi connectivity index (χ0n) is 35.4. The quantitative estimate of drug-likeness (QED) is 0.182. The van der Waals surface area contributed by atoms with Crippen molar-refractivity contribution in [2.45, 2.75) is 12.8 Å². The zero-order chi connectivity index (χ0) is 43.1. The summed E-state index contributed by atoms with van der Waals surface area (Å²) in [5.74, 6) is 0.911. The molecule has 8 aromatic carbocycles. The van der Waals surface area contributed by atoms with Gasteiger partial charge in [0.25, 0.3) is 0 Å². The third-order valence-electron chi connectivity index (χ3n) is 11.7. The number of furan rings is 1. The molecule has 0 saturated carbocycles. The first kappa shape index (κ1) is 39.8. The number of para-hydroxylation sites is 2. The maximum Gasteiger partial charge on any atom is 0.137 e. The molecule has 3 heterocycles. The van der Waals surface area contributed by atoms with E-state index in [-0.39, 0.29) is 0 Å². The lowest BCUT2D eigenvalue weighted by atomic mass is 9.88. The summed E-state index contributed by atoms with van der Waals surface area (Å²) in [6.45, 7) is 4.24. The number of ether oxygens (including phenoxy) is 1. The van der Waals surface area contributed by atoms with Crippen molar-refractivity contribution in [1.29, 1.82) is 0 Å². The van der Waals surface area contributed by atoms with Crippen LogP contribution in [0.3, 0.4) is 0 Å². The van der Waals surface area contributed by atoms with E-state index in [1.165, 1.54) is 54.9 Å². The number of benzene rings is 8. The van der Waals surface area contributed by atoms with E-state index in [2.05, 4.69) is 169 Å². The summed E-state index contributed by atoms with van der Waals surface area (Å²) < 4.78 is 11.9. The Morgan fingerprint density at radius 1 is 0.469 bits per heavy atom. The van der Waals surface area contributed by atoms with Gasteiger partial charge in [0, 0.05) is 55.1 Å². The molecule has 1 aliphatic heterocycles. The molecule has 4 nitrogen and oxygen atoms in total. The number of aromatic amines is 1. The topological polar surface area (TPSA) is 50.2 Å². The van der Waals surface area contributed by atoms with Gasteiger partial charge in [-0.1, -0.05) is 164 Å². The van der Waals surface area contributed by atoms with Gasteiger partial charge in [-0.25, -0.2) is 0 Å². The first-order valence-electron chi connectivity index (χ1n) is 21.7. The van der Waals surface area contributed by atoms with Crippen LogP contribution in [-0.2, 0) is 4.74 Å². The van der Waals surface area contributed by atoms with Crippen LogP contribution < -0.4 is 5.32 Å². The fourth-order valence-corrected chi connectivity index (χ4v) is 8.44. The van der Waals surface area contributed by atoms with E-state index in [1.807, 2.05) is 72.8 Å². The van der Waals surface area contributed by atoms with E-state index in [1.54, 1.807) is 6.26 Å². The molecule has 2 N–H and O–H groups in total. The Hall–Kier alpha value is -8.34. The molecule has 10 aromatic rings.